The van der Waals surface area contributed by atoms with E-state index in [1.807, 2.05) is 31.2 Å². The highest BCUT2D eigenvalue weighted by atomic mass is 19.2. The maximum Gasteiger partial charge on any atom is 0.170 e. The van der Waals surface area contributed by atoms with E-state index < -0.39 is 17.4 Å². The van der Waals surface area contributed by atoms with Crippen molar-refractivity contribution in [2.75, 3.05) is 0 Å². The Morgan fingerprint density at radius 3 is 2.39 bits per heavy atom. The molecule has 0 fully saturated rings. The molecule has 0 bridgehead atoms. The van der Waals surface area contributed by atoms with Crippen molar-refractivity contribution in [1.82, 2.24) is 0 Å². The first-order valence-electron chi connectivity index (χ1n) is 5.60. The van der Waals surface area contributed by atoms with Gasteiger partial charge in [-0.3, -0.25) is 4.79 Å². The maximum absolute atomic E-state index is 13.4. The van der Waals surface area contributed by atoms with Crippen molar-refractivity contribution in [1.29, 1.82) is 0 Å². The number of benzene rings is 2. The molecule has 0 heterocycles. The summed E-state index contributed by atoms with van der Waals surface area (Å²) in [6.07, 6.45) is 0.0701. The highest BCUT2D eigenvalue weighted by molar-refractivity contribution is 5.97. The molecule has 0 atom stereocenters. The molecule has 0 amide bonds. The van der Waals surface area contributed by atoms with Crippen molar-refractivity contribution in [3.8, 4) is 0 Å². The molecule has 0 aromatic heterocycles. The summed E-state index contributed by atoms with van der Waals surface area (Å²) < 4.78 is 26.4. The number of aryl methyl sites for hydroxylation is 1. The molecule has 2 rings (SSSR count). The zero-order valence-corrected chi connectivity index (χ0v) is 9.91. The summed E-state index contributed by atoms with van der Waals surface area (Å²) in [5.41, 5.74) is 1.67. The van der Waals surface area contributed by atoms with E-state index in [2.05, 4.69) is 0 Å². The van der Waals surface area contributed by atoms with Crippen molar-refractivity contribution in [2.45, 2.75) is 13.3 Å². The number of Topliss-reactive ketones (excluding diaryl/α,β-unsaturated/α-hetero) is 1. The summed E-state index contributed by atoms with van der Waals surface area (Å²) in [7, 11) is 0. The fourth-order valence-corrected chi connectivity index (χ4v) is 1.71. The monoisotopic (exact) mass is 246 g/mol. The highest BCUT2D eigenvalue weighted by Crippen LogP contribution is 2.14. The molecule has 2 aromatic carbocycles. The zero-order valence-electron chi connectivity index (χ0n) is 9.91. The van der Waals surface area contributed by atoms with Gasteiger partial charge in [0.05, 0.1) is 5.56 Å². The molecule has 3 heteroatoms. The number of carbonyl (C=O) groups is 1. The summed E-state index contributed by atoms with van der Waals surface area (Å²) in [5, 5.41) is 0. The number of rotatable bonds is 3. The minimum absolute atomic E-state index is 0.0701. The van der Waals surface area contributed by atoms with Gasteiger partial charge in [-0.1, -0.05) is 35.9 Å². The molecule has 0 radical (unpaired) electrons. The Labute approximate surface area is 104 Å². The number of hydrogen-bond donors (Lipinski definition) is 0. The molecule has 0 unspecified atom stereocenters. The molecule has 0 aliphatic rings. The molecule has 18 heavy (non-hydrogen) atoms. The molecule has 0 spiro atoms. The van der Waals surface area contributed by atoms with Gasteiger partial charge in [-0.25, -0.2) is 8.78 Å². The van der Waals surface area contributed by atoms with Crippen LogP contribution in [-0.2, 0) is 6.42 Å². The molecular formula is C15H12F2O. The Balaban J connectivity index is 2.22. The van der Waals surface area contributed by atoms with Crippen LogP contribution in [0.15, 0.2) is 42.5 Å². The lowest BCUT2D eigenvalue weighted by molar-refractivity contribution is 0.0988. The van der Waals surface area contributed by atoms with Crippen LogP contribution in [0.5, 0.6) is 0 Å². The predicted octanol–water partition coefficient (Wildman–Crippen LogP) is 3.70. The van der Waals surface area contributed by atoms with E-state index in [1.54, 1.807) is 0 Å². The second-order valence-corrected chi connectivity index (χ2v) is 4.19. The van der Waals surface area contributed by atoms with Crippen LogP contribution in [0, 0.1) is 18.6 Å². The number of hydrogen-bond acceptors (Lipinski definition) is 1. The molecule has 1 nitrogen and oxygen atoms in total. The topological polar surface area (TPSA) is 17.1 Å². The second-order valence-electron chi connectivity index (χ2n) is 4.19. The Morgan fingerprint density at radius 2 is 1.72 bits per heavy atom. The van der Waals surface area contributed by atoms with E-state index in [4.69, 9.17) is 0 Å². The second kappa shape index (κ2) is 5.08. The molecule has 2 aromatic rings. The number of carbonyl (C=O) groups excluding carboxylic acids is 1. The van der Waals surface area contributed by atoms with Crippen molar-refractivity contribution < 1.29 is 13.6 Å². The van der Waals surface area contributed by atoms with Gasteiger partial charge in [-0.05, 0) is 24.6 Å². The Kier molecular flexibility index (Phi) is 3.51. The van der Waals surface area contributed by atoms with Gasteiger partial charge in [-0.15, -0.1) is 0 Å². The van der Waals surface area contributed by atoms with Crippen LogP contribution in [0.3, 0.4) is 0 Å². The number of ketones is 1. The van der Waals surface area contributed by atoms with E-state index in [0.717, 1.165) is 17.2 Å². The molecule has 92 valence electrons. The van der Waals surface area contributed by atoms with E-state index in [0.29, 0.717) is 0 Å². The summed E-state index contributed by atoms with van der Waals surface area (Å²) in [6, 6.07) is 11.0. The van der Waals surface area contributed by atoms with Crippen molar-refractivity contribution in [2.24, 2.45) is 0 Å². The van der Waals surface area contributed by atoms with Gasteiger partial charge in [-0.2, -0.15) is 0 Å². The van der Waals surface area contributed by atoms with E-state index in [1.165, 1.54) is 12.1 Å². The van der Waals surface area contributed by atoms with Gasteiger partial charge in [0.1, 0.15) is 0 Å². The van der Waals surface area contributed by atoms with Crippen LogP contribution in [0.1, 0.15) is 21.5 Å². The third-order valence-electron chi connectivity index (χ3n) is 2.74. The molecule has 0 aliphatic heterocycles. The van der Waals surface area contributed by atoms with Gasteiger partial charge < -0.3 is 0 Å². The van der Waals surface area contributed by atoms with Crippen molar-refractivity contribution >= 4 is 5.78 Å². The minimum Gasteiger partial charge on any atom is -0.294 e. The van der Waals surface area contributed by atoms with Crippen LogP contribution >= 0.6 is 0 Å². The van der Waals surface area contributed by atoms with E-state index >= 15 is 0 Å². The van der Waals surface area contributed by atoms with E-state index in [-0.39, 0.29) is 12.0 Å². The summed E-state index contributed by atoms with van der Waals surface area (Å²) in [4.78, 5) is 11.9. The van der Waals surface area contributed by atoms with Gasteiger partial charge >= 0.3 is 0 Å². The average molecular weight is 246 g/mol. The standard InChI is InChI=1S/C15H12F2O/c1-10-5-7-11(8-6-10)9-14(18)12-3-2-4-13(16)15(12)17/h2-8H,9H2,1H3. The first-order valence-corrected chi connectivity index (χ1v) is 5.60. The van der Waals surface area contributed by atoms with Crippen LogP contribution in [-0.4, -0.2) is 5.78 Å². The van der Waals surface area contributed by atoms with Gasteiger partial charge in [0, 0.05) is 6.42 Å². The lowest BCUT2D eigenvalue weighted by atomic mass is 10.0. The normalized spacial score (nSPS) is 10.4. The predicted molar refractivity (Wildman–Crippen MR) is 65.6 cm³/mol. The highest BCUT2D eigenvalue weighted by Gasteiger charge is 2.15. The Hall–Kier alpha value is -2.03. The van der Waals surface area contributed by atoms with Crippen LogP contribution in [0.4, 0.5) is 8.78 Å². The first kappa shape index (κ1) is 12.4. The molecule has 0 N–H and O–H groups in total. The van der Waals surface area contributed by atoms with Crippen LogP contribution in [0.25, 0.3) is 0 Å². The fourth-order valence-electron chi connectivity index (χ4n) is 1.71. The maximum atomic E-state index is 13.4. The fraction of sp³-hybridized carbons (Fsp3) is 0.133. The molecule has 0 saturated heterocycles. The largest absolute Gasteiger partial charge is 0.294 e. The summed E-state index contributed by atoms with van der Waals surface area (Å²) in [6.45, 7) is 1.94. The zero-order chi connectivity index (χ0) is 13.1. The van der Waals surface area contributed by atoms with Gasteiger partial charge in [0.25, 0.3) is 0 Å². The first-order chi connectivity index (χ1) is 8.58. The van der Waals surface area contributed by atoms with Gasteiger partial charge in [0.15, 0.2) is 17.4 Å². The smallest absolute Gasteiger partial charge is 0.170 e. The van der Waals surface area contributed by atoms with Crippen LogP contribution < -0.4 is 0 Å². The summed E-state index contributed by atoms with van der Waals surface area (Å²) in [5.74, 6) is -2.49. The third-order valence-corrected chi connectivity index (χ3v) is 2.74. The van der Waals surface area contributed by atoms with Crippen molar-refractivity contribution in [3.05, 3.63) is 70.8 Å². The Morgan fingerprint density at radius 1 is 1.06 bits per heavy atom. The minimum atomic E-state index is -1.07. The Bertz CT molecular complexity index is 574. The van der Waals surface area contributed by atoms with Crippen molar-refractivity contribution in [3.63, 3.8) is 0 Å². The average Bonchev–Trinajstić information content (AvgIpc) is 2.35. The van der Waals surface area contributed by atoms with Gasteiger partial charge in [0.2, 0.25) is 0 Å². The third kappa shape index (κ3) is 2.62. The molecule has 0 saturated carbocycles. The lowest BCUT2D eigenvalue weighted by Gasteiger charge is -2.04. The molecule has 0 aliphatic carbocycles. The lowest BCUT2D eigenvalue weighted by Crippen LogP contribution is -2.07. The van der Waals surface area contributed by atoms with Crippen LogP contribution in [0.2, 0.25) is 0 Å². The molecular weight excluding hydrogens is 234 g/mol. The quantitative estimate of drug-likeness (QED) is 0.755. The number of halogens is 2. The van der Waals surface area contributed by atoms with E-state index in [9.17, 15) is 13.6 Å². The SMILES string of the molecule is Cc1ccc(CC(=O)c2cccc(F)c2F)cc1. The summed E-state index contributed by atoms with van der Waals surface area (Å²) >= 11 is 0.